The fourth-order valence-corrected chi connectivity index (χ4v) is 1.22. The number of carbonyl (C=O) groups excluding carboxylic acids is 1. The lowest BCUT2D eigenvalue weighted by Crippen LogP contribution is -2.16. The first-order chi connectivity index (χ1) is 7.04. The minimum Gasteiger partial charge on any atom is -0.508 e. The molecule has 4 N–H and O–H groups in total. The van der Waals surface area contributed by atoms with Crippen LogP contribution < -0.4 is 5.73 Å². The molecule has 0 aliphatic heterocycles. The molecule has 90 valence electrons. The maximum atomic E-state index is 10.9. The Balaban J connectivity index is 0.00000225. The van der Waals surface area contributed by atoms with Gasteiger partial charge < -0.3 is 20.7 Å². The molecule has 1 atom stereocenters. The first-order valence-electron chi connectivity index (χ1n) is 4.39. The molecule has 0 aliphatic carbocycles. The Bertz CT molecular complexity index is 370. The van der Waals surface area contributed by atoms with Crippen LogP contribution in [0, 0.1) is 0 Å². The van der Waals surface area contributed by atoms with E-state index in [1.54, 1.807) is 0 Å². The first kappa shape index (κ1) is 14.5. The molecule has 6 heteroatoms. The largest absolute Gasteiger partial charge is 0.508 e. The molecular formula is C10H14ClNO4. The number of carbonyl (C=O) groups is 1. The minimum atomic E-state index is -0.641. The molecule has 0 bridgehead atoms. The Morgan fingerprint density at radius 2 is 2.12 bits per heavy atom. The van der Waals surface area contributed by atoms with Crippen LogP contribution in [0.1, 0.15) is 18.0 Å². The molecule has 16 heavy (non-hydrogen) atoms. The second kappa shape index (κ2) is 6.19. The monoisotopic (exact) mass is 247 g/mol. The number of nitrogens with two attached hydrogens (primary N) is 1. The van der Waals surface area contributed by atoms with Gasteiger partial charge in [-0.2, -0.15) is 0 Å². The zero-order valence-electron chi connectivity index (χ0n) is 8.71. The van der Waals surface area contributed by atoms with Crippen LogP contribution in [0.5, 0.6) is 11.5 Å². The van der Waals surface area contributed by atoms with E-state index in [2.05, 4.69) is 4.74 Å². The number of ether oxygens (including phenoxy) is 1. The summed E-state index contributed by atoms with van der Waals surface area (Å²) in [6, 6.07) is 3.40. The van der Waals surface area contributed by atoms with E-state index in [1.807, 2.05) is 0 Å². The van der Waals surface area contributed by atoms with E-state index < -0.39 is 12.0 Å². The van der Waals surface area contributed by atoms with Gasteiger partial charge in [0.2, 0.25) is 0 Å². The smallest absolute Gasteiger partial charge is 0.307 e. The third kappa shape index (κ3) is 3.60. The van der Waals surface area contributed by atoms with Crippen LogP contribution in [0.25, 0.3) is 0 Å². The van der Waals surface area contributed by atoms with Gasteiger partial charge in [-0.05, 0) is 6.07 Å². The Morgan fingerprint density at radius 3 is 2.62 bits per heavy atom. The number of phenolic OH excluding ortho intramolecular Hbond substituents is 2. The third-order valence-corrected chi connectivity index (χ3v) is 2.03. The summed E-state index contributed by atoms with van der Waals surface area (Å²) < 4.78 is 4.46. The number of benzene rings is 1. The van der Waals surface area contributed by atoms with Crippen LogP contribution in [-0.4, -0.2) is 23.3 Å². The van der Waals surface area contributed by atoms with Crippen LogP contribution in [-0.2, 0) is 9.53 Å². The Morgan fingerprint density at radius 1 is 1.50 bits per heavy atom. The molecule has 0 saturated heterocycles. The van der Waals surface area contributed by atoms with Crippen LogP contribution >= 0.6 is 12.4 Å². The van der Waals surface area contributed by atoms with Crippen molar-refractivity contribution in [1.29, 1.82) is 0 Å². The van der Waals surface area contributed by atoms with Crippen molar-refractivity contribution in [2.45, 2.75) is 12.5 Å². The van der Waals surface area contributed by atoms with Gasteiger partial charge in [0.05, 0.1) is 13.5 Å². The molecule has 0 aromatic heterocycles. The highest BCUT2D eigenvalue weighted by atomic mass is 35.5. The number of halogens is 1. The summed E-state index contributed by atoms with van der Waals surface area (Å²) in [6.45, 7) is 0. The van der Waals surface area contributed by atoms with E-state index in [1.165, 1.54) is 25.3 Å². The third-order valence-electron chi connectivity index (χ3n) is 2.03. The highest BCUT2D eigenvalue weighted by Crippen LogP contribution is 2.28. The number of rotatable bonds is 3. The molecule has 0 aliphatic rings. The van der Waals surface area contributed by atoms with Crippen molar-refractivity contribution in [2.24, 2.45) is 5.73 Å². The van der Waals surface area contributed by atoms with E-state index in [-0.39, 0.29) is 30.3 Å². The van der Waals surface area contributed by atoms with Crippen LogP contribution in [0.15, 0.2) is 18.2 Å². The van der Waals surface area contributed by atoms with Gasteiger partial charge in [-0.25, -0.2) is 0 Å². The number of phenols is 2. The second-order valence-corrected chi connectivity index (χ2v) is 3.13. The van der Waals surface area contributed by atoms with Crippen molar-refractivity contribution >= 4 is 18.4 Å². The average molecular weight is 248 g/mol. The highest BCUT2D eigenvalue weighted by Gasteiger charge is 2.15. The minimum absolute atomic E-state index is 0. The molecule has 0 unspecified atom stereocenters. The molecule has 0 heterocycles. The normalized spacial score (nSPS) is 11.4. The highest BCUT2D eigenvalue weighted by molar-refractivity contribution is 5.85. The maximum Gasteiger partial charge on any atom is 0.307 e. The van der Waals surface area contributed by atoms with Gasteiger partial charge in [0.1, 0.15) is 11.5 Å². The molecule has 0 amide bonds. The first-order valence-corrected chi connectivity index (χ1v) is 4.39. The van der Waals surface area contributed by atoms with E-state index in [4.69, 9.17) is 10.8 Å². The zero-order valence-corrected chi connectivity index (χ0v) is 9.53. The predicted octanol–water partition coefficient (Wildman–Crippen LogP) is 1.08. The number of esters is 1. The lowest BCUT2D eigenvalue weighted by atomic mass is 10.0. The standard InChI is InChI=1S/C10H13NO4.ClH/c1-15-10(14)5-8(11)7-3-2-6(12)4-9(7)13;/h2-4,8,12-13H,5,11H2,1H3;1H/t8-;/m0./s1. The Labute approximate surface area is 99.2 Å². The van der Waals surface area contributed by atoms with Crippen LogP contribution in [0.2, 0.25) is 0 Å². The summed E-state index contributed by atoms with van der Waals surface area (Å²) in [4.78, 5) is 10.9. The van der Waals surface area contributed by atoms with E-state index in [0.29, 0.717) is 5.56 Å². The molecule has 0 spiro atoms. The molecule has 1 rings (SSSR count). The van der Waals surface area contributed by atoms with Gasteiger partial charge in [0.25, 0.3) is 0 Å². The zero-order chi connectivity index (χ0) is 11.4. The summed E-state index contributed by atoms with van der Waals surface area (Å²) in [5, 5.41) is 18.5. The fraction of sp³-hybridized carbons (Fsp3) is 0.300. The lowest BCUT2D eigenvalue weighted by Gasteiger charge is -2.12. The Hall–Kier alpha value is -1.46. The van der Waals surface area contributed by atoms with Crippen molar-refractivity contribution in [3.8, 4) is 11.5 Å². The number of aromatic hydroxyl groups is 2. The molecule has 1 aromatic rings. The van der Waals surface area contributed by atoms with Crippen molar-refractivity contribution in [3.63, 3.8) is 0 Å². The summed E-state index contributed by atoms with van der Waals surface area (Å²) in [5.74, 6) is -0.636. The van der Waals surface area contributed by atoms with E-state index >= 15 is 0 Å². The topological polar surface area (TPSA) is 92.8 Å². The van der Waals surface area contributed by atoms with E-state index in [9.17, 15) is 9.90 Å². The molecule has 5 nitrogen and oxygen atoms in total. The van der Waals surface area contributed by atoms with Crippen LogP contribution in [0.3, 0.4) is 0 Å². The Kier molecular flexibility index (Phi) is 5.63. The molecule has 0 fully saturated rings. The lowest BCUT2D eigenvalue weighted by molar-refractivity contribution is -0.141. The quantitative estimate of drug-likeness (QED) is 0.695. The van der Waals surface area contributed by atoms with E-state index in [0.717, 1.165) is 0 Å². The number of hydrogen-bond donors (Lipinski definition) is 3. The molecule has 0 saturated carbocycles. The molecule has 0 radical (unpaired) electrons. The summed E-state index contributed by atoms with van der Waals surface area (Å²) in [6.07, 6.45) is -0.0190. The van der Waals surface area contributed by atoms with Crippen molar-refractivity contribution in [3.05, 3.63) is 23.8 Å². The van der Waals surface area contributed by atoms with Gasteiger partial charge in [-0.1, -0.05) is 6.07 Å². The van der Waals surface area contributed by atoms with Gasteiger partial charge in [-0.15, -0.1) is 12.4 Å². The molecular weight excluding hydrogens is 234 g/mol. The predicted molar refractivity (Wildman–Crippen MR) is 60.6 cm³/mol. The number of methoxy groups -OCH3 is 1. The summed E-state index contributed by atoms with van der Waals surface area (Å²) in [7, 11) is 1.27. The SMILES string of the molecule is COC(=O)C[C@H](N)c1ccc(O)cc1O.Cl. The van der Waals surface area contributed by atoms with Gasteiger partial charge in [0, 0.05) is 17.7 Å². The van der Waals surface area contributed by atoms with Gasteiger partial charge >= 0.3 is 5.97 Å². The molecule has 1 aromatic carbocycles. The van der Waals surface area contributed by atoms with Gasteiger partial charge in [-0.3, -0.25) is 4.79 Å². The van der Waals surface area contributed by atoms with Crippen molar-refractivity contribution < 1.29 is 19.7 Å². The summed E-state index contributed by atoms with van der Waals surface area (Å²) >= 11 is 0. The second-order valence-electron chi connectivity index (χ2n) is 3.13. The number of hydrogen-bond acceptors (Lipinski definition) is 5. The summed E-state index contributed by atoms with van der Waals surface area (Å²) in [5.41, 5.74) is 6.08. The average Bonchev–Trinajstić information content (AvgIpc) is 2.17. The van der Waals surface area contributed by atoms with Gasteiger partial charge in [0.15, 0.2) is 0 Å². The van der Waals surface area contributed by atoms with Crippen molar-refractivity contribution in [2.75, 3.05) is 7.11 Å². The van der Waals surface area contributed by atoms with Crippen LogP contribution in [0.4, 0.5) is 0 Å². The maximum absolute atomic E-state index is 10.9. The van der Waals surface area contributed by atoms with Crippen molar-refractivity contribution in [1.82, 2.24) is 0 Å². The fourth-order valence-electron chi connectivity index (χ4n) is 1.22.